The smallest absolute Gasteiger partial charge is 0.348 e. The van der Waals surface area contributed by atoms with Crippen molar-refractivity contribution >= 4 is 22.9 Å². The number of aromatic nitrogens is 1. The van der Waals surface area contributed by atoms with Crippen molar-refractivity contribution < 1.29 is 14.3 Å². The number of ether oxygens (including phenoxy) is 2. The summed E-state index contributed by atoms with van der Waals surface area (Å²) in [4.78, 5) is 12.1. The Morgan fingerprint density at radius 2 is 1.85 bits per heavy atom. The molecule has 0 amide bonds. The first-order valence-electron chi connectivity index (χ1n) is 12.2. The normalized spacial score (nSPS) is 14.7. The van der Waals surface area contributed by atoms with Crippen molar-refractivity contribution in [3.05, 3.63) is 70.9 Å². The van der Waals surface area contributed by atoms with Gasteiger partial charge in [0.1, 0.15) is 24.0 Å². The standard InChI is InChI=1S/C29H32N2O3/c1-3-33-29(32)24(20-30)19-27-21(2)31(28-12-8-7-11-26(27)28)17-18-34-25-15-13-23(14-16-25)22-9-5-4-6-10-22/h7-8,11-16,19,22H,3-6,9-10,17-18H2,1-2H3. The highest BCUT2D eigenvalue weighted by molar-refractivity contribution is 6.01. The van der Waals surface area contributed by atoms with Gasteiger partial charge in [0.25, 0.3) is 0 Å². The third kappa shape index (κ3) is 5.17. The van der Waals surface area contributed by atoms with Crippen LogP contribution in [0.5, 0.6) is 5.75 Å². The summed E-state index contributed by atoms with van der Waals surface area (Å²) in [5, 5.41) is 10.5. The molecule has 0 radical (unpaired) electrons. The summed E-state index contributed by atoms with van der Waals surface area (Å²) in [5.74, 6) is 0.972. The minimum absolute atomic E-state index is 0.00200. The lowest BCUT2D eigenvalue weighted by molar-refractivity contribution is -0.137. The molecule has 0 aliphatic heterocycles. The Morgan fingerprint density at radius 3 is 2.56 bits per heavy atom. The lowest BCUT2D eigenvalue weighted by atomic mass is 9.84. The highest BCUT2D eigenvalue weighted by Gasteiger charge is 2.17. The first-order valence-corrected chi connectivity index (χ1v) is 12.2. The van der Waals surface area contributed by atoms with Crippen LogP contribution in [0.2, 0.25) is 0 Å². The molecule has 1 aromatic heterocycles. The summed E-state index contributed by atoms with van der Waals surface area (Å²) in [6, 6.07) is 18.6. The zero-order valence-corrected chi connectivity index (χ0v) is 20.0. The van der Waals surface area contributed by atoms with Crippen LogP contribution in [-0.2, 0) is 16.1 Å². The number of benzene rings is 2. The second-order valence-electron chi connectivity index (χ2n) is 8.81. The second-order valence-corrected chi connectivity index (χ2v) is 8.81. The Hall–Kier alpha value is -3.52. The number of carbonyl (C=O) groups is 1. The molecule has 1 heterocycles. The average Bonchev–Trinajstić information content (AvgIpc) is 3.14. The molecule has 5 nitrogen and oxygen atoms in total. The van der Waals surface area contributed by atoms with Crippen molar-refractivity contribution in [3.63, 3.8) is 0 Å². The molecule has 1 aliphatic rings. The van der Waals surface area contributed by atoms with Crippen LogP contribution in [0.3, 0.4) is 0 Å². The minimum atomic E-state index is -0.596. The van der Waals surface area contributed by atoms with Crippen molar-refractivity contribution in [2.24, 2.45) is 0 Å². The lowest BCUT2D eigenvalue weighted by Gasteiger charge is -2.22. The van der Waals surface area contributed by atoms with Crippen LogP contribution in [-0.4, -0.2) is 23.8 Å². The minimum Gasteiger partial charge on any atom is -0.492 e. The van der Waals surface area contributed by atoms with E-state index in [1.54, 1.807) is 13.0 Å². The molecule has 176 valence electrons. The molecule has 2 aromatic carbocycles. The summed E-state index contributed by atoms with van der Waals surface area (Å²) < 4.78 is 13.3. The third-order valence-corrected chi connectivity index (χ3v) is 6.72. The Kier molecular flexibility index (Phi) is 7.69. The summed E-state index contributed by atoms with van der Waals surface area (Å²) >= 11 is 0. The fraction of sp³-hybridized carbons (Fsp3) is 0.379. The van der Waals surface area contributed by atoms with E-state index in [0.717, 1.165) is 27.9 Å². The molecule has 1 aliphatic carbocycles. The van der Waals surface area contributed by atoms with E-state index in [2.05, 4.69) is 34.9 Å². The predicted octanol–water partition coefficient (Wildman–Crippen LogP) is 6.55. The Balaban J connectivity index is 1.50. The molecule has 0 bridgehead atoms. The number of nitrogens with zero attached hydrogens (tertiary/aromatic N) is 2. The number of hydrogen-bond acceptors (Lipinski definition) is 4. The van der Waals surface area contributed by atoms with Crippen molar-refractivity contribution in [1.82, 2.24) is 4.57 Å². The zero-order chi connectivity index (χ0) is 23.9. The van der Waals surface area contributed by atoms with Gasteiger partial charge in [0.05, 0.1) is 13.2 Å². The number of para-hydroxylation sites is 1. The number of esters is 1. The van der Waals surface area contributed by atoms with Gasteiger partial charge in [0.15, 0.2) is 0 Å². The molecule has 0 unspecified atom stereocenters. The van der Waals surface area contributed by atoms with Crippen LogP contribution in [0.15, 0.2) is 54.1 Å². The molecule has 1 fully saturated rings. The van der Waals surface area contributed by atoms with Gasteiger partial charge in [-0.1, -0.05) is 49.6 Å². The quantitative estimate of drug-likeness (QED) is 0.219. The van der Waals surface area contributed by atoms with Gasteiger partial charge in [-0.05, 0) is 62.4 Å². The maximum atomic E-state index is 12.1. The van der Waals surface area contributed by atoms with Crippen LogP contribution < -0.4 is 4.74 Å². The molecular weight excluding hydrogens is 424 g/mol. The number of carbonyl (C=O) groups excluding carboxylic acids is 1. The molecule has 1 saturated carbocycles. The second kappa shape index (κ2) is 11.1. The summed E-state index contributed by atoms with van der Waals surface area (Å²) in [5.41, 5.74) is 4.31. The molecular formula is C29H32N2O3. The van der Waals surface area contributed by atoms with E-state index in [9.17, 15) is 10.1 Å². The first-order chi connectivity index (χ1) is 16.6. The van der Waals surface area contributed by atoms with Crippen LogP contribution in [0.25, 0.3) is 17.0 Å². The predicted molar refractivity (Wildman–Crippen MR) is 135 cm³/mol. The number of rotatable bonds is 8. The van der Waals surface area contributed by atoms with E-state index in [-0.39, 0.29) is 12.2 Å². The van der Waals surface area contributed by atoms with Gasteiger partial charge >= 0.3 is 5.97 Å². The third-order valence-electron chi connectivity index (χ3n) is 6.72. The summed E-state index contributed by atoms with van der Waals surface area (Å²) in [6.07, 6.45) is 8.25. The van der Waals surface area contributed by atoms with Crippen LogP contribution >= 0.6 is 0 Å². The molecule has 4 rings (SSSR count). The zero-order valence-electron chi connectivity index (χ0n) is 20.0. The molecule has 0 atom stereocenters. The molecule has 3 aromatic rings. The fourth-order valence-electron chi connectivity index (χ4n) is 4.95. The van der Waals surface area contributed by atoms with Crippen molar-refractivity contribution in [1.29, 1.82) is 5.26 Å². The number of nitriles is 1. The van der Waals surface area contributed by atoms with Gasteiger partial charge in [0.2, 0.25) is 0 Å². The van der Waals surface area contributed by atoms with Crippen molar-refractivity contribution in [3.8, 4) is 11.8 Å². The van der Waals surface area contributed by atoms with E-state index < -0.39 is 5.97 Å². The summed E-state index contributed by atoms with van der Waals surface area (Å²) in [6.45, 7) is 5.15. The van der Waals surface area contributed by atoms with Crippen LogP contribution in [0.1, 0.15) is 61.8 Å². The Bertz CT molecular complexity index is 1210. The van der Waals surface area contributed by atoms with Crippen LogP contribution in [0, 0.1) is 18.3 Å². The largest absolute Gasteiger partial charge is 0.492 e. The van der Waals surface area contributed by atoms with E-state index in [4.69, 9.17) is 9.47 Å². The van der Waals surface area contributed by atoms with Crippen molar-refractivity contribution in [2.75, 3.05) is 13.2 Å². The topological polar surface area (TPSA) is 64.2 Å². The number of hydrogen-bond donors (Lipinski definition) is 0. The molecule has 5 heteroatoms. The van der Waals surface area contributed by atoms with Crippen LogP contribution in [0.4, 0.5) is 0 Å². The van der Waals surface area contributed by atoms with Gasteiger partial charge < -0.3 is 14.0 Å². The maximum Gasteiger partial charge on any atom is 0.348 e. The lowest BCUT2D eigenvalue weighted by Crippen LogP contribution is -2.10. The van der Waals surface area contributed by atoms with Gasteiger partial charge in [0, 0.05) is 22.2 Å². The van der Waals surface area contributed by atoms with Gasteiger partial charge in [-0.2, -0.15) is 5.26 Å². The van der Waals surface area contributed by atoms with E-state index in [1.807, 2.05) is 31.2 Å². The van der Waals surface area contributed by atoms with E-state index in [0.29, 0.717) is 19.1 Å². The maximum absolute atomic E-state index is 12.1. The Labute approximate surface area is 201 Å². The fourth-order valence-corrected chi connectivity index (χ4v) is 4.95. The van der Waals surface area contributed by atoms with Crippen molar-refractivity contribution in [2.45, 2.75) is 58.4 Å². The van der Waals surface area contributed by atoms with E-state index in [1.165, 1.54) is 37.7 Å². The first kappa shape index (κ1) is 23.6. The highest BCUT2D eigenvalue weighted by atomic mass is 16.5. The molecule has 34 heavy (non-hydrogen) atoms. The Morgan fingerprint density at radius 1 is 1.12 bits per heavy atom. The molecule has 0 spiro atoms. The average molecular weight is 457 g/mol. The van der Waals surface area contributed by atoms with Gasteiger partial charge in [-0.25, -0.2) is 4.79 Å². The monoisotopic (exact) mass is 456 g/mol. The molecule has 0 N–H and O–H groups in total. The number of fused-ring (bicyclic) bond motifs is 1. The molecule has 0 saturated heterocycles. The summed E-state index contributed by atoms with van der Waals surface area (Å²) in [7, 11) is 0. The van der Waals surface area contributed by atoms with Gasteiger partial charge in [-0.15, -0.1) is 0 Å². The highest BCUT2D eigenvalue weighted by Crippen LogP contribution is 2.33. The SMILES string of the molecule is CCOC(=O)C(C#N)=Cc1c(C)n(CCOc2ccc(C3CCCCC3)cc2)c2ccccc12. The van der Waals surface area contributed by atoms with Gasteiger partial charge in [-0.3, -0.25) is 0 Å². The van der Waals surface area contributed by atoms with E-state index >= 15 is 0 Å².